The molecule has 0 aliphatic heterocycles. The fourth-order valence-electron chi connectivity index (χ4n) is 1.96. The molecule has 88 valence electrons. The molecule has 1 heterocycles. The van der Waals surface area contributed by atoms with Crippen LogP contribution in [0.3, 0.4) is 0 Å². The van der Waals surface area contributed by atoms with Crippen LogP contribution >= 0.6 is 0 Å². The number of aryl methyl sites for hydroxylation is 1. The van der Waals surface area contributed by atoms with E-state index in [-0.39, 0.29) is 11.9 Å². The summed E-state index contributed by atoms with van der Waals surface area (Å²) in [6, 6.07) is 9.64. The van der Waals surface area contributed by atoms with Crippen LogP contribution in [-0.4, -0.2) is 12.0 Å². The highest BCUT2D eigenvalue weighted by atomic mass is 19.1. The zero-order chi connectivity index (χ0) is 12.3. The first-order chi connectivity index (χ1) is 8.20. The Morgan fingerprint density at radius 1 is 1.18 bits per heavy atom. The molecule has 0 aliphatic carbocycles. The number of aromatic nitrogens is 1. The van der Waals surface area contributed by atoms with Gasteiger partial charge in [-0.05, 0) is 31.2 Å². The number of hydrogen-bond acceptors (Lipinski definition) is 2. The van der Waals surface area contributed by atoms with Crippen molar-refractivity contribution in [1.82, 2.24) is 10.3 Å². The Balaban J connectivity index is 2.40. The molecule has 0 saturated heterocycles. The van der Waals surface area contributed by atoms with E-state index in [1.54, 1.807) is 6.20 Å². The van der Waals surface area contributed by atoms with E-state index < -0.39 is 0 Å². The number of benzene rings is 1. The van der Waals surface area contributed by atoms with Gasteiger partial charge in [0.15, 0.2) is 0 Å². The van der Waals surface area contributed by atoms with Crippen molar-refractivity contribution in [2.75, 3.05) is 7.05 Å². The van der Waals surface area contributed by atoms with Gasteiger partial charge >= 0.3 is 0 Å². The standard InChI is InChI=1S/C14H15FN2/c1-10-4-3-5-11(6-10)14(16-2)12-7-13(15)9-17-8-12/h3-9,14,16H,1-2H3. The first-order valence-corrected chi connectivity index (χ1v) is 5.55. The third-order valence-electron chi connectivity index (χ3n) is 2.72. The summed E-state index contributed by atoms with van der Waals surface area (Å²) in [5.41, 5.74) is 3.13. The highest BCUT2D eigenvalue weighted by Gasteiger charge is 2.12. The third kappa shape index (κ3) is 2.68. The molecule has 0 amide bonds. The fourth-order valence-corrected chi connectivity index (χ4v) is 1.96. The van der Waals surface area contributed by atoms with E-state index in [1.807, 2.05) is 32.2 Å². The van der Waals surface area contributed by atoms with E-state index >= 15 is 0 Å². The molecule has 1 aromatic carbocycles. The molecule has 17 heavy (non-hydrogen) atoms. The summed E-state index contributed by atoms with van der Waals surface area (Å²) in [6.07, 6.45) is 2.90. The maximum absolute atomic E-state index is 13.2. The van der Waals surface area contributed by atoms with E-state index in [0.717, 1.165) is 11.1 Å². The molecule has 1 unspecified atom stereocenters. The van der Waals surface area contributed by atoms with Gasteiger partial charge in [-0.15, -0.1) is 0 Å². The third-order valence-corrected chi connectivity index (χ3v) is 2.72. The highest BCUT2D eigenvalue weighted by Crippen LogP contribution is 2.22. The molecule has 0 aliphatic rings. The van der Waals surface area contributed by atoms with Gasteiger partial charge in [0.05, 0.1) is 12.2 Å². The van der Waals surface area contributed by atoms with Crippen LogP contribution < -0.4 is 5.32 Å². The van der Waals surface area contributed by atoms with Crippen LogP contribution in [0.4, 0.5) is 4.39 Å². The minimum absolute atomic E-state index is 0.0295. The van der Waals surface area contributed by atoms with Gasteiger partial charge in [0, 0.05) is 6.20 Å². The summed E-state index contributed by atoms with van der Waals surface area (Å²) < 4.78 is 13.2. The lowest BCUT2D eigenvalue weighted by Crippen LogP contribution is -2.18. The molecule has 2 aromatic rings. The van der Waals surface area contributed by atoms with Crippen molar-refractivity contribution >= 4 is 0 Å². The maximum Gasteiger partial charge on any atom is 0.141 e. The summed E-state index contributed by atoms with van der Waals surface area (Å²) in [7, 11) is 1.86. The van der Waals surface area contributed by atoms with Crippen molar-refractivity contribution < 1.29 is 4.39 Å². The van der Waals surface area contributed by atoms with Gasteiger partial charge in [-0.1, -0.05) is 29.8 Å². The molecule has 2 rings (SSSR count). The minimum Gasteiger partial charge on any atom is -0.309 e. The predicted molar refractivity (Wildman–Crippen MR) is 66.3 cm³/mol. The Morgan fingerprint density at radius 3 is 2.65 bits per heavy atom. The molecule has 0 radical (unpaired) electrons. The van der Waals surface area contributed by atoms with Gasteiger partial charge in [0.2, 0.25) is 0 Å². The smallest absolute Gasteiger partial charge is 0.141 e. The predicted octanol–water partition coefficient (Wildman–Crippen LogP) is 2.84. The first kappa shape index (κ1) is 11.7. The second-order valence-corrected chi connectivity index (χ2v) is 4.07. The van der Waals surface area contributed by atoms with Gasteiger partial charge in [-0.25, -0.2) is 4.39 Å². The Morgan fingerprint density at radius 2 is 2.00 bits per heavy atom. The number of halogens is 1. The zero-order valence-corrected chi connectivity index (χ0v) is 9.94. The Kier molecular flexibility index (Phi) is 3.49. The molecule has 3 heteroatoms. The molecule has 2 nitrogen and oxygen atoms in total. The number of nitrogens with one attached hydrogen (secondary N) is 1. The van der Waals surface area contributed by atoms with Crippen molar-refractivity contribution in [3.8, 4) is 0 Å². The molecular weight excluding hydrogens is 215 g/mol. The van der Waals surface area contributed by atoms with Gasteiger partial charge in [0.1, 0.15) is 5.82 Å². The van der Waals surface area contributed by atoms with Crippen LogP contribution in [-0.2, 0) is 0 Å². The lowest BCUT2D eigenvalue weighted by molar-refractivity contribution is 0.608. The van der Waals surface area contributed by atoms with Gasteiger partial charge < -0.3 is 5.32 Å². The number of hydrogen-bond donors (Lipinski definition) is 1. The quantitative estimate of drug-likeness (QED) is 0.877. The van der Waals surface area contributed by atoms with Crippen LogP contribution in [0.2, 0.25) is 0 Å². The van der Waals surface area contributed by atoms with Gasteiger partial charge in [-0.3, -0.25) is 4.98 Å². The summed E-state index contributed by atoms with van der Waals surface area (Å²) in [6.45, 7) is 2.04. The Hall–Kier alpha value is -1.74. The Bertz CT molecular complexity index is 466. The number of pyridine rings is 1. The topological polar surface area (TPSA) is 24.9 Å². The van der Waals surface area contributed by atoms with Crippen LogP contribution in [0.5, 0.6) is 0 Å². The van der Waals surface area contributed by atoms with E-state index in [1.165, 1.54) is 17.8 Å². The van der Waals surface area contributed by atoms with Crippen LogP contribution in [0.25, 0.3) is 0 Å². The normalized spacial score (nSPS) is 12.4. The average molecular weight is 230 g/mol. The second-order valence-electron chi connectivity index (χ2n) is 4.07. The van der Waals surface area contributed by atoms with Crippen LogP contribution in [0.15, 0.2) is 42.7 Å². The van der Waals surface area contributed by atoms with Crippen molar-refractivity contribution in [2.45, 2.75) is 13.0 Å². The molecule has 1 atom stereocenters. The maximum atomic E-state index is 13.2. The van der Waals surface area contributed by atoms with E-state index in [0.29, 0.717) is 0 Å². The lowest BCUT2D eigenvalue weighted by atomic mass is 9.99. The monoisotopic (exact) mass is 230 g/mol. The molecule has 0 saturated carbocycles. The van der Waals surface area contributed by atoms with Gasteiger partial charge in [0.25, 0.3) is 0 Å². The van der Waals surface area contributed by atoms with Gasteiger partial charge in [-0.2, -0.15) is 0 Å². The molecule has 0 bridgehead atoms. The highest BCUT2D eigenvalue weighted by molar-refractivity contribution is 5.32. The van der Waals surface area contributed by atoms with Crippen molar-refractivity contribution in [1.29, 1.82) is 0 Å². The second kappa shape index (κ2) is 5.06. The van der Waals surface area contributed by atoms with Crippen LogP contribution in [0, 0.1) is 12.7 Å². The largest absolute Gasteiger partial charge is 0.309 e. The number of nitrogens with zero attached hydrogens (tertiary/aromatic N) is 1. The average Bonchev–Trinajstić information content (AvgIpc) is 2.30. The molecular formula is C14H15FN2. The molecule has 0 spiro atoms. The van der Waals surface area contributed by atoms with Crippen molar-refractivity contribution in [3.05, 3.63) is 65.2 Å². The zero-order valence-electron chi connectivity index (χ0n) is 9.94. The Labute approximate surface area is 101 Å². The fraction of sp³-hybridized carbons (Fsp3) is 0.214. The van der Waals surface area contributed by atoms with E-state index in [9.17, 15) is 4.39 Å². The van der Waals surface area contributed by atoms with E-state index in [2.05, 4.69) is 16.4 Å². The summed E-state index contributed by atoms with van der Waals surface area (Å²) >= 11 is 0. The van der Waals surface area contributed by atoms with Crippen molar-refractivity contribution in [3.63, 3.8) is 0 Å². The van der Waals surface area contributed by atoms with Crippen LogP contribution in [0.1, 0.15) is 22.7 Å². The molecule has 1 N–H and O–H groups in total. The van der Waals surface area contributed by atoms with E-state index in [4.69, 9.17) is 0 Å². The lowest BCUT2D eigenvalue weighted by Gasteiger charge is -2.17. The first-order valence-electron chi connectivity index (χ1n) is 5.55. The number of rotatable bonds is 3. The molecule has 1 aromatic heterocycles. The summed E-state index contributed by atoms with van der Waals surface area (Å²) in [5.74, 6) is -0.310. The SMILES string of the molecule is CNC(c1cccc(C)c1)c1cncc(F)c1. The minimum atomic E-state index is -0.310. The summed E-state index contributed by atoms with van der Waals surface area (Å²) in [5, 5.41) is 3.18. The summed E-state index contributed by atoms with van der Waals surface area (Å²) in [4.78, 5) is 3.89. The van der Waals surface area contributed by atoms with Crippen molar-refractivity contribution in [2.24, 2.45) is 0 Å². The molecule has 0 fully saturated rings.